The van der Waals surface area contributed by atoms with Gasteiger partial charge in [0.1, 0.15) is 6.04 Å². The molecule has 0 unspecified atom stereocenters. The third kappa shape index (κ3) is 10.4. The zero-order valence-corrected chi connectivity index (χ0v) is 13.6. The number of hydrogen-bond acceptors (Lipinski definition) is 7. The Balaban J connectivity index is 5.04. The maximum absolute atomic E-state index is 12.1. The van der Waals surface area contributed by atoms with Crippen molar-refractivity contribution < 1.29 is 39.0 Å². The number of rotatable bonds is 10. The number of nitrogens with one attached hydrogen (secondary N) is 4. The third-order valence-electron chi connectivity index (χ3n) is 2.69. The highest BCUT2D eigenvalue weighted by atomic mass is 16.4. The Labute approximate surface area is 142 Å². The second-order valence-corrected chi connectivity index (χ2v) is 4.97. The van der Waals surface area contributed by atoms with E-state index in [9.17, 15) is 28.8 Å². The molecule has 0 aromatic carbocycles. The summed E-state index contributed by atoms with van der Waals surface area (Å²) in [5, 5.41) is 26.3. The van der Waals surface area contributed by atoms with Gasteiger partial charge in [-0.15, -0.1) is 0 Å². The Morgan fingerprint density at radius 1 is 0.800 bits per heavy atom. The highest BCUT2D eigenvalue weighted by molar-refractivity contribution is 6.00. The maximum Gasteiger partial charge on any atom is 0.305 e. The van der Waals surface area contributed by atoms with Crippen molar-refractivity contribution in [2.75, 3.05) is 6.67 Å². The first-order valence-electron chi connectivity index (χ1n) is 7.06. The Hall–Kier alpha value is -3.02. The molecule has 0 spiro atoms. The molecule has 0 aromatic rings. The molecule has 6 N–H and O–H groups in total. The molecule has 0 rings (SSSR count). The van der Waals surface area contributed by atoms with Crippen LogP contribution in [-0.4, -0.2) is 64.5 Å². The van der Waals surface area contributed by atoms with Gasteiger partial charge in [0.15, 0.2) is 0 Å². The van der Waals surface area contributed by atoms with Gasteiger partial charge in [0.25, 0.3) is 0 Å². The third-order valence-corrected chi connectivity index (χ3v) is 2.69. The first-order chi connectivity index (χ1) is 11.5. The SMILES string of the molecule is CC(=O)NCN[C@@H](CC(=O)O)C(=O)N[C@@H](CC(=O)O)C(=O)NC(C)=O. The number of carboxylic acid groups (broad SMARTS) is 2. The molecule has 140 valence electrons. The molecule has 12 heteroatoms. The summed E-state index contributed by atoms with van der Waals surface area (Å²) < 4.78 is 0. The van der Waals surface area contributed by atoms with E-state index in [-0.39, 0.29) is 6.67 Å². The predicted molar refractivity (Wildman–Crippen MR) is 80.9 cm³/mol. The average Bonchev–Trinajstić information content (AvgIpc) is 2.43. The molecule has 0 saturated heterocycles. The van der Waals surface area contributed by atoms with Gasteiger partial charge in [-0.3, -0.25) is 39.4 Å². The summed E-state index contributed by atoms with van der Waals surface area (Å²) >= 11 is 0. The van der Waals surface area contributed by atoms with Gasteiger partial charge in [-0.05, 0) is 0 Å². The minimum atomic E-state index is -1.58. The van der Waals surface area contributed by atoms with E-state index in [4.69, 9.17) is 10.2 Å². The molecule has 0 fully saturated rings. The molecule has 4 amide bonds. The standard InChI is InChI=1S/C13H20N4O8/c1-6(18)14-5-15-8(3-10(20)21)12(24)17-9(4-11(22)23)13(25)16-7(2)19/h8-9,15H,3-5H2,1-2H3,(H,14,18)(H,17,24)(H,20,21)(H,22,23)(H,16,19,25)/t8-,9-/m0/s1. The van der Waals surface area contributed by atoms with Gasteiger partial charge in [0.2, 0.25) is 23.6 Å². The van der Waals surface area contributed by atoms with Crippen LogP contribution in [0, 0.1) is 0 Å². The molecule has 0 heterocycles. The van der Waals surface area contributed by atoms with E-state index in [0.29, 0.717) is 0 Å². The Morgan fingerprint density at radius 2 is 1.32 bits per heavy atom. The molecule has 0 aliphatic carbocycles. The van der Waals surface area contributed by atoms with Crippen molar-refractivity contribution in [3.05, 3.63) is 0 Å². The van der Waals surface area contributed by atoms with Gasteiger partial charge in [-0.25, -0.2) is 0 Å². The van der Waals surface area contributed by atoms with E-state index in [0.717, 1.165) is 6.92 Å². The summed E-state index contributed by atoms with van der Waals surface area (Å²) in [5.74, 6) is -5.94. The van der Waals surface area contributed by atoms with E-state index in [1.165, 1.54) is 6.92 Å². The lowest BCUT2D eigenvalue weighted by molar-refractivity contribution is -0.143. The summed E-state index contributed by atoms with van der Waals surface area (Å²) in [4.78, 5) is 67.2. The monoisotopic (exact) mass is 360 g/mol. The van der Waals surface area contributed by atoms with E-state index in [2.05, 4.69) is 16.0 Å². The number of carboxylic acids is 2. The molecule has 0 aliphatic heterocycles. The van der Waals surface area contributed by atoms with Crippen molar-refractivity contribution in [2.24, 2.45) is 0 Å². The van der Waals surface area contributed by atoms with Crippen LogP contribution in [0.4, 0.5) is 0 Å². The van der Waals surface area contributed by atoms with Crippen molar-refractivity contribution in [3.8, 4) is 0 Å². The zero-order valence-electron chi connectivity index (χ0n) is 13.6. The zero-order chi connectivity index (χ0) is 19.6. The fraction of sp³-hybridized carbons (Fsp3) is 0.538. The molecule has 0 saturated carbocycles. The van der Waals surface area contributed by atoms with E-state index in [1.807, 2.05) is 5.32 Å². The van der Waals surface area contributed by atoms with Crippen LogP contribution in [0.15, 0.2) is 0 Å². The Kier molecular flexibility index (Phi) is 9.41. The Morgan fingerprint density at radius 3 is 1.76 bits per heavy atom. The molecule has 0 radical (unpaired) electrons. The van der Waals surface area contributed by atoms with Gasteiger partial charge < -0.3 is 20.8 Å². The lowest BCUT2D eigenvalue weighted by Crippen LogP contribution is -2.55. The van der Waals surface area contributed by atoms with Gasteiger partial charge in [-0.2, -0.15) is 0 Å². The van der Waals surface area contributed by atoms with Crippen LogP contribution in [-0.2, 0) is 28.8 Å². The molecular formula is C13H20N4O8. The predicted octanol–water partition coefficient (Wildman–Crippen LogP) is -2.86. The van der Waals surface area contributed by atoms with Crippen LogP contribution >= 0.6 is 0 Å². The summed E-state index contributed by atoms with van der Waals surface area (Å²) in [6.45, 7) is 2.02. The van der Waals surface area contributed by atoms with Crippen LogP contribution in [0.3, 0.4) is 0 Å². The lowest BCUT2D eigenvalue weighted by atomic mass is 10.1. The molecule has 0 bridgehead atoms. The largest absolute Gasteiger partial charge is 0.481 e. The maximum atomic E-state index is 12.1. The number of aliphatic carboxylic acids is 2. The van der Waals surface area contributed by atoms with E-state index in [1.54, 1.807) is 0 Å². The highest BCUT2D eigenvalue weighted by Crippen LogP contribution is 1.98. The van der Waals surface area contributed by atoms with Crippen LogP contribution in [0.25, 0.3) is 0 Å². The molecule has 0 aromatic heterocycles. The number of amides is 4. The van der Waals surface area contributed by atoms with E-state index >= 15 is 0 Å². The molecule has 2 atom stereocenters. The van der Waals surface area contributed by atoms with Gasteiger partial charge in [-0.1, -0.05) is 0 Å². The fourth-order valence-corrected chi connectivity index (χ4v) is 1.65. The molecule has 25 heavy (non-hydrogen) atoms. The normalized spacial score (nSPS) is 12.4. The van der Waals surface area contributed by atoms with Crippen molar-refractivity contribution in [1.29, 1.82) is 0 Å². The lowest BCUT2D eigenvalue weighted by Gasteiger charge is -2.21. The number of imide groups is 1. The smallest absolute Gasteiger partial charge is 0.305 e. The molecule has 12 nitrogen and oxygen atoms in total. The summed E-state index contributed by atoms with van der Waals surface area (Å²) in [5.41, 5.74) is 0. The first kappa shape index (κ1) is 22.0. The van der Waals surface area contributed by atoms with Crippen molar-refractivity contribution >= 4 is 35.6 Å². The second-order valence-electron chi connectivity index (χ2n) is 4.97. The Bertz CT molecular complexity index is 562. The van der Waals surface area contributed by atoms with Crippen LogP contribution < -0.4 is 21.3 Å². The van der Waals surface area contributed by atoms with Crippen LogP contribution in [0.2, 0.25) is 0 Å². The van der Waals surface area contributed by atoms with Gasteiger partial charge in [0, 0.05) is 13.8 Å². The van der Waals surface area contributed by atoms with Crippen molar-refractivity contribution in [3.63, 3.8) is 0 Å². The number of carbonyl (C=O) groups excluding carboxylic acids is 4. The van der Waals surface area contributed by atoms with E-state index < -0.39 is 60.5 Å². The second kappa shape index (κ2) is 10.7. The summed E-state index contributed by atoms with van der Waals surface area (Å²) in [6, 6.07) is -2.92. The summed E-state index contributed by atoms with van der Waals surface area (Å²) in [6.07, 6.45) is -1.49. The van der Waals surface area contributed by atoms with Crippen molar-refractivity contribution in [2.45, 2.75) is 38.8 Å². The quantitative estimate of drug-likeness (QED) is 0.222. The molecular weight excluding hydrogens is 340 g/mol. The van der Waals surface area contributed by atoms with Gasteiger partial charge in [0.05, 0.1) is 25.6 Å². The van der Waals surface area contributed by atoms with Gasteiger partial charge >= 0.3 is 11.9 Å². The van der Waals surface area contributed by atoms with Crippen molar-refractivity contribution in [1.82, 2.24) is 21.3 Å². The topological polar surface area (TPSA) is 191 Å². The fourth-order valence-electron chi connectivity index (χ4n) is 1.65. The minimum Gasteiger partial charge on any atom is -0.481 e. The highest BCUT2D eigenvalue weighted by Gasteiger charge is 2.29. The minimum absolute atomic E-state index is 0.218. The number of hydrogen-bond donors (Lipinski definition) is 6. The summed E-state index contributed by atoms with van der Waals surface area (Å²) in [7, 11) is 0. The number of carbonyl (C=O) groups is 6. The van der Waals surface area contributed by atoms with Crippen LogP contribution in [0.5, 0.6) is 0 Å². The average molecular weight is 360 g/mol. The molecule has 0 aliphatic rings. The van der Waals surface area contributed by atoms with Crippen LogP contribution in [0.1, 0.15) is 26.7 Å². The first-order valence-corrected chi connectivity index (χ1v) is 7.06.